The van der Waals surface area contributed by atoms with Crippen molar-refractivity contribution in [1.29, 1.82) is 5.26 Å². The van der Waals surface area contributed by atoms with Crippen LogP contribution in [0.3, 0.4) is 0 Å². The van der Waals surface area contributed by atoms with Crippen LogP contribution >= 0.6 is 0 Å². The molecular weight excluding hydrogens is 320 g/mol. The van der Waals surface area contributed by atoms with Crippen LogP contribution in [0.25, 0.3) is 0 Å². The largest absolute Gasteiger partial charge is 0.493 e. The Morgan fingerprint density at radius 3 is 2.39 bits per heavy atom. The number of methoxy groups -OCH3 is 2. The molecule has 1 aromatic rings. The van der Waals surface area contributed by atoms with Gasteiger partial charge in [-0.3, -0.25) is 0 Å². The van der Waals surface area contributed by atoms with Crippen LogP contribution in [-0.4, -0.2) is 52.7 Å². The number of ether oxygens (including phenoxy) is 3. The second-order valence-corrected chi connectivity index (χ2v) is 7.33. The van der Waals surface area contributed by atoms with Gasteiger partial charge in [-0.2, -0.15) is 9.57 Å². The van der Waals surface area contributed by atoms with Gasteiger partial charge in [0.15, 0.2) is 11.5 Å². The Morgan fingerprint density at radius 1 is 1.30 bits per heavy atom. The summed E-state index contributed by atoms with van der Waals surface area (Å²) in [5.41, 5.74) is -0.667. The molecule has 0 radical (unpaired) electrons. The SMILES string of the molecule is COc1cc(C)c(S(=O)(=O)N(C)[C@]2(C#N)CCOC2)cc1OC. The summed E-state index contributed by atoms with van der Waals surface area (Å²) in [5.74, 6) is 0.768. The van der Waals surface area contributed by atoms with E-state index < -0.39 is 15.6 Å². The molecule has 2 rings (SSSR count). The number of nitrogens with zero attached hydrogens (tertiary/aromatic N) is 2. The zero-order chi connectivity index (χ0) is 17.3. The molecule has 1 atom stereocenters. The van der Waals surface area contributed by atoms with Crippen molar-refractivity contribution in [2.45, 2.75) is 23.8 Å². The Morgan fingerprint density at radius 2 is 1.91 bits per heavy atom. The predicted octanol–water partition coefficient (Wildman–Crippen LogP) is 1.32. The van der Waals surface area contributed by atoms with E-state index in [0.717, 1.165) is 4.31 Å². The van der Waals surface area contributed by atoms with Gasteiger partial charge < -0.3 is 14.2 Å². The van der Waals surface area contributed by atoms with E-state index in [0.29, 0.717) is 30.1 Å². The highest BCUT2D eigenvalue weighted by Gasteiger charge is 2.45. The molecule has 0 aliphatic carbocycles. The Hall–Kier alpha value is -1.82. The summed E-state index contributed by atoms with van der Waals surface area (Å²) in [6.45, 7) is 2.09. The molecule has 0 amide bonds. The molecule has 0 bridgehead atoms. The Balaban J connectivity index is 2.54. The molecule has 7 nitrogen and oxygen atoms in total. The van der Waals surface area contributed by atoms with Gasteiger partial charge >= 0.3 is 0 Å². The first-order chi connectivity index (χ1) is 10.8. The third kappa shape index (κ3) is 2.87. The van der Waals surface area contributed by atoms with E-state index in [4.69, 9.17) is 14.2 Å². The van der Waals surface area contributed by atoms with Crippen molar-refractivity contribution in [3.05, 3.63) is 17.7 Å². The van der Waals surface area contributed by atoms with Crippen molar-refractivity contribution < 1.29 is 22.6 Å². The summed E-state index contributed by atoms with van der Waals surface area (Å²) in [6, 6.07) is 5.11. The number of nitriles is 1. The molecule has 1 fully saturated rings. The lowest BCUT2D eigenvalue weighted by atomic mass is 10.0. The maximum atomic E-state index is 13.0. The monoisotopic (exact) mass is 340 g/mol. The smallest absolute Gasteiger partial charge is 0.244 e. The second kappa shape index (κ2) is 6.35. The van der Waals surface area contributed by atoms with Crippen molar-refractivity contribution in [3.63, 3.8) is 0 Å². The van der Waals surface area contributed by atoms with Crippen LogP contribution in [0.5, 0.6) is 11.5 Å². The van der Waals surface area contributed by atoms with Gasteiger partial charge in [-0.15, -0.1) is 0 Å². The van der Waals surface area contributed by atoms with E-state index in [1.165, 1.54) is 27.3 Å². The fourth-order valence-corrected chi connectivity index (χ4v) is 4.24. The molecule has 23 heavy (non-hydrogen) atoms. The number of aryl methyl sites for hydroxylation is 1. The summed E-state index contributed by atoms with van der Waals surface area (Å²) < 4.78 is 42.7. The van der Waals surface area contributed by atoms with Gasteiger partial charge in [-0.25, -0.2) is 8.42 Å². The highest BCUT2D eigenvalue weighted by Crippen LogP contribution is 2.36. The molecule has 1 aliphatic rings. The summed E-state index contributed by atoms with van der Waals surface area (Å²) in [5, 5.41) is 9.47. The van der Waals surface area contributed by atoms with Crippen LogP contribution in [0.15, 0.2) is 17.0 Å². The number of benzene rings is 1. The molecule has 1 heterocycles. The molecule has 0 unspecified atom stereocenters. The molecule has 1 aliphatic heterocycles. The average molecular weight is 340 g/mol. The third-order valence-electron chi connectivity index (χ3n) is 4.13. The van der Waals surface area contributed by atoms with Crippen LogP contribution in [-0.2, 0) is 14.8 Å². The summed E-state index contributed by atoms with van der Waals surface area (Å²) >= 11 is 0. The van der Waals surface area contributed by atoms with Gasteiger partial charge in [0.25, 0.3) is 0 Å². The maximum Gasteiger partial charge on any atom is 0.244 e. The van der Waals surface area contributed by atoms with Crippen LogP contribution in [0.1, 0.15) is 12.0 Å². The van der Waals surface area contributed by atoms with Crippen LogP contribution in [0, 0.1) is 18.3 Å². The summed E-state index contributed by atoms with van der Waals surface area (Å²) in [7, 11) is 0.444. The standard InChI is InChI=1S/C15H20N2O5S/c1-11-7-12(20-3)13(21-4)8-14(11)23(18,19)17(2)15(9-16)5-6-22-10-15/h7-8H,5-6,10H2,1-4H3/t15-/m0/s1. The summed E-state index contributed by atoms with van der Waals surface area (Å²) in [4.78, 5) is 0.0826. The van der Waals surface area contributed by atoms with Crippen molar-refractivity contribution >= 4 is 10.0 Å². The first kappa shape index (κ1) is 17.5. The van der Waals surface area contributed by atoms with E-state index in [1.54, 1.807) is 13.0 Å². The molecule has 126 valence electrons. The molecule has 1 aromatic carbocycles. The molecule has 0 spiro atoms. The minimum Gasteiger partial charge on any atom is -0.493 e. The quantitative estimate of drug-likeness (QED) is 0.803. The van der Waals surface area contributed by atoms with Gasteiger partial charge in [0.05, 0.1) is 31.8 Å². The van der Waals surface area contributed by atoms with E-state index in [9.17, 15) is 13.7 Å². The third-order valence-corrected chi connectivity index (χ3v) is 6.20. The van der Waals surface area contributed by atoms with Crippen LogP contribution in [0.2, 0.25) is 0 Å². The van der Waals surface area contributed by atoms with Gasteiger partial charge in [-0.05, 0) is 18.6 Å². The predicted molar refractivity (Wildman–Crippen MR) is 83.0 cm³/mol. The maximum absolute atomic E-state index is 13.0. The minimum atomic E-state index is -3.89. The normalized spacial score (nSPS) is 21.2. The van der Waals surface area contributed by atoms with Crippen molar-refractivity contribution in [1.82, 2.24) is 4.31 Å². The van der Waals surface area contributed by atoms with Crippen molar-refractivity contribution in [2.75, 3.05) is 34.5 Å². The van der Waals surface area contributed by atoms with Crippen LogP contribution in [0.4, 0.5) is 0 Å². The van der Waals surface area contributed by atoms with Gasteiger partial charge in [0.2, 0.25) is 10.0 Å². The second-order valence-electron chi connectivity index (χ2n) is 5.39. The molecule has 1 saturated heterocycles. The van der Waals surface area contributed by atoms with E-state index in [2.05, 4.69) is 6.07 Å². The number of hydrogen-bond donors (Lipinski definition) is 0. The van der Waals surface area contributed by atoms with Crippen molar-refractivity contribution in [3.8, 4) is 17.6 Å². The lowest BCUT2D eigenvalue weighted by Crippen LogP contribution is -2.49. The van der Waals surface area contributed by atoms with Crippen LogP contribution < -0.4 is 9.47 Å². The molecule has 0 saturated carbocycles. The number of hydrogen-bond acceptors (Lipinski definition) is 6. The Kier molecular flexibility index (Phi) is 4.84. The van der Waals surface area contributed by atoms with Gasteiger partial charge in [0.1, 0.15) is 5.54 Å². The van der Waals surface area contributed by atoms with Gasteiger partial charge in [0, 0.05) is 26.1 Å². The number of rotatable bonds is 5. The fraction of sp³-hybridized carbons (Fsp3) is 0.533. The zero-order valence-corrected chi connectivity index (χ0v) is 14.4. The number of sulfonamides is 1. The highest BCUT2D eigenvalue weighted by atomic mass is 32.2. The molecular formula is C15H20N2O5S. The first-order valence-corrected chi connectivity index (χ1v) is 8.47. The summed E-state index contributed by atoms with van der Waals surface area (Å²) in [6.07, 6.45) is 0.339. The molecule has 0 aromatic heterocycles. The minimum absolute atomic E-state index is 0.0611. The van der Waals surface area contributed by atoms with Gasteiger partial charge in [-0.1, -0.05) is 0 Å². The topological polar surface area (TPSA) is 88.9 Å². The first-order valence-electron chi connectivity index (χ1n) is 7.03. The molecule has 0 N–H and O–H groups in total. The van der Waals surface area contributed by atoms with E-state index >= 15 is 0 Å². The van der Waals surface area contributed by atoms with Crippen molar-refractivity contribution in [2.24, 2.45) is 0 Å². The zero-order valence-electron chi connectivity index (χ0n) is 13.6. The average Bonchev–Trinajstić information content (AvgIpc) is 3.03. The Labute approximate surface area is 136 Å². The fourth-order valence-electron chi connectivity index (χ4n) is 2.58. The van der Waals surface area contributed by atoms with E-state index in [-0.39, 0.29) is 11.5 Å². The lowest BCUT2D eigenvalue weighted by molar-refractivity contribution is 0.162. The highest BCUT2D eigenvalue weighted by molar-refractivity contribution is 7.89. The number of likely N-dealkylation sites (N-methyl/N-ethyl adjacent to an activating group) is 1. The Bertz CT molecular complexity index is 733. The molecule has 8 heteroatoms. The van der Waals surface area contributed by atoms with E-state index in [1.807, 2.05) is 0 Å². The lowest BCUT2D eigenvalue weighted by Gasteiger charge is -2.30.